The third-order valence-corrected chi connectivity index (χ3v) is 4.45. The molecular weight excluding hydrogens is 256 g/mol. The van der Waals surface area contributed by atoms with Gasteiger partial charge in [0.2, 0.25) is 0 Å². The van der Waals surface area contributed by atoms with Crippen molar-refractivity contribution in [3.8, 4) is 0 Å². The Labute approximate surface area is 109 Å². The summed E-state index contributed by atoms with van der Waals surface area (Å²) < 4.78 is 11.2. The number of urea groups is 1. The molecule has 7 heteroatoms. The average molecular weight is 276 g/mol. The Bertz CT molecular complexity index is 348. The van der Waals surface area contributed by atoms with Gasteiger partial charge in [0.1, 0.15) is 6.04 Å². The maximum Gasteiger partial charge on any atom is 0.326 e. The number of nitrogens with one attached hydrogen (secondary N) is 1. The first-order chi connectivity index (χ1) is 8.47. The highest BCUT2D eigenvalue weighted by atomic mass is 32.2. The van der Waals surface area contributed by atoms with Crippen molar-refractivity contribution >= 4 is 22.8 Å². The highest BCUT2D eigenvalue weighted by molar-refractivity contribution is 7.84. The zero-order valence-electron chi connectivity index (χ0n) is 10.7. The molecule has 1 rings (SSSR count). The highest BCUT2D eigenvalue weighted by Gasteiger charge is 2.39. The fourth-order valence-corrected chi connectivity index (χ4v) is 2.69. The number of likely N-dealkylation sites (tertiary alicyclic amines) is 1. The molecule has 0 saturated carbocycles. The summed E-state index contributed by atoms with van der Waals surface area (Å²) in [5, 5.41) is 11.7. The molecule has 6 nitrogen and oxygen atoms in total. The van der Waals surface area contributed by atoms with E-state index >= 15 is 0 Å². The smallest absolute Gasteiger partial charge is 0.326 e. The van der Waals surface area contributed by atoms with Crippen LogP contribution in [0, 0.1) is 5.92 Å². The molecule has 18 heavy (non-hydrogen) atoms. The van der Waals surface area contributed by atoms with E-state index in [0.29, 0.717) is 31.0 Å². The van der Waals surface area contributed by atoms with Crippen molar-refractivity contribution in [2.24, 2.45) is 5.92 Å². The van der Waals surface area contributed by atoms with Crippen LogP contribution >= 0.6 is 0 Å². The Balaban J connectivity index is 2.46. The van der Waals surface area contributed by atoms with E-state index < -0.39 is 22.8 Å². The molecule has 0 spiro atoms. The van der Waals surface area contributed by atoms with Gasteiger partial charge in [-0.25, -0.2) is 9.59 Å². The molecular formula is C11H20N2O4S. The molecule has 0 bridgehead atoms. The molecule has 0 aromatic carbocycles. The van der Waals surface area contributed by atoms with E-state index in [1.54, 1.807) is 0 Å². The van der Waals surface area contributed by atoms with E-state index in [9.17, 15) is 13.8 Å². The third kappa shape index (κ3) is 3.69. The maximum absolute atomic E-state index is 11.8. The minimum Gasteiger partial charge on any atom is -0.480 e. The summed E-state index contributed by atoms with van der Waals surface area (Å²) in [6.45, 7) is 4.43. The van der Waals surface area contributed by atoms with Crippen molar-refractivity contribution in [1.82, 2.24) is 10.2 Å². The van der Waals surface area contributed by atoms with Gasteiger partial charge in [0, 0.05) is 35.4 Å². The lowest BCUT2D eigenvalue weighted by molar-refractivity contribution is -0.142. The summed E-state index contributed by atoms with van der Waals surface area (Å²) in [4.78, 5) is 24.3. The number of carboxylic acids is 1. The first kappa shape index (κ1) is 14.9. The normalized spacial score (nSPS) is 24.9. The second-order valence-corrected chi connectivity index (χ2v) is 6.27. The predicted octanol–water partition coefficient (Wildman–Crippen LogP) is 0.260. The Morgan fingerprint density at radius 1 is 1.50 bits per heavy atom. The molecule has 0 aromatic rings. The molecule has 1 saturated heterocycles. The van der Waals surface area contributed by atoms with Gasteiger partial charge in [0.15, 0.2) is 0 Å². The summed E-state index contributed by atoms with van der Waals surface area (Å²) in [6, 6.07) is -1.12. The van der Waals surface area contributed by atoms with Crippen LogP contribution in [0.1, 0.15) is 20.3 Å². The first-order valence-corrected chi connectivity index (χ1v) is 7.58. The van der Waals surface area contributed by atoms with Gasteiger partial charge in [0.05, 0.1) is 0 Å². The topological polar surface area (TPSA) is 86.7 Å². The lowest BCUT2D eigenvalue weighted by Crippen LogP contribution is -2.48. The molecule has 0 radical (unpaired) electrons. The van der Waals surface area contributed by atoms with E-state index in [1.165, 1.54) is 4.90 Å². The van der Waals surface area contributed by atoms with Crippen LogP contribution in [-0.2, 0) is 15.6 Å². The quantitative estimate of drug-likeness (QED) is 0.754. The largest absolute Gasteiger partial charge is 0.480 e. The molecule has 0 aliphatic carbocycles. The van der Waals surface area contributed by atoms with Crippen molar-refractivity contribution in [3.63, 3.8) is 0 Å². The fraction of sp³-hybridized carbons (Fsp3) is 0.818. The summed E-state index contributed by atoms with van der Waals surface area (Å²) >= 11 is 0. The van der Waals surface area contributed by atoms with Gasteiger partial charge in [-0.2, -0.15) is 0 Å². The van der Waals surface area contributed by atoms with Crippen molar-refractivity contribution < 1.29 is 18.9 Å². The van der Waals surface area contributed by atoms with Crippen molar-refractivity contribution in [2.45, 2.75) is 26.3 Å². The zero-order chi connectivity index (χ0) is 13.7. The fourth-order valence-electron chi connectivity index (χ4n) is 2.07. The summed E-state index contributed by atoms with van der Waals surface area (Å²) in [7, 11) is -0.919. The summed E-state index contributed by atoms with van der Waals surface area (Å²) in [5.74, 6) is -0.0251. The number of carbonyl (C=O) groups excluding carboxylic acids is 1. The van der Waals surface area contributed by atoms with Gasteiger partial charge in [-0.3, -0.25) is 4.21 Å². The maximum atomic E-state index is 11.8. The number of hydrogen-bond acceptors (Lipinski definition) is 3. The number of rotatable bonds is 5. The molecule has 1 fully saturated rings. The van der Waals surface area contributed by atoms with Gasteiger partial charge in [-0.15, -0.1) is 0 Å². The van der Waals surface area contributed by atoms with Gasteiger partial charge in [-0.05, 0) is 12.3 Å². The van der Waals surface area contributed by atoms with Gasteiger partial charge >= 0.3 is 12.0 Å². The minimum absolute atomic E-state index is 0.0296. The van der Waals surface area contributed by atoms with E-state index in [4.69, 9.17) is 5.11 Å². The molecule has 0 aromatic heterocycles. The first-order valence-electron chi connectivity index (χ1n) is 6.09. The van der Waals surface area contributed by atoms with Crippen LogP contribution in [0.3, 0.4) is 0 Å². The lowest BCUT2D eigenvalue weighted by atomic mass is 10.0. The lowest BCUT2D eigenvalue weighted by Gasteiger charge is -2.23. The number of carboxylic acid groups (broad SMARTS) is 1. The van der Waals surface area contributed by atoms with Crippen LogP contribution in [0.2, 0.25) is 0 Å². The Morgan fingerprint density at radius 3 is 2.72 bits per heavy atom. The van der Waals surface area contributed by atoms with E-state index in [2.05, 4.69) is 5.32 Å². The molecule has 1 heterocycles. The molecule has 1 aliphatic heterocycles. The second kappa shape index (κ2) is 6.72. The Kier molecular flexibility index (Phi) is 5.58. The number of hydrogen-bond donors (Lipinski definition) is 2. The molecule has 2 amide bonds. The highest BCUT2D eigenvalue weighted by Crippen LogP contribution is 2.23. The SMILES string of the molecule is CCS(=O)CCNC(=O)N1CCC(C)C1C(=O)O. The van der Waals surface area contributed by atoms with E-state index in [0.717, 1.165) is 0 Å². The van der Waals surface area contributed by atoms with Gasteiger partial charge in [-0.1, -0.05) is 13.8 Å². The van der Waals surface area contributed by atoms with Crippen molar-refractivity contribution in [3.05, 3.63) is 0 Å². The summed E-state index contributed by atoms with van der Waals surface area (Å²) in [5.41, 5.74) is 0. The van der Waals surface area contributed by atoms with Crippen LogP contribution < -0.4 is 5.32 Å². The third-order valence-electron chi connectivity index (χ3n) is 3.14. The number of amides is 2. The van der Waals surface area contributed by atoms with Crippen molar-refractivity contribution in [2.75, 3.05) is 24.6 Å². The van der Waals surface area contributed by atoms with Gasteiger partial charge < -0.3 is 15.3 Å². The Hall–Kier alpha value is -1.11. The van der Waals surface area contributed by atoms with Crippen LogP contribution in [0.15, 0.2) is 0 Å². The number of aliphatic carboxylic acids is 1. The zero-order valence-corrected chi connectivity index (χ0v) is 11.5. The number of nitrogens with zero attached hydrogens (tertiary/aromatic N) is 1. The molecule has 104 valence electrons. The average Bonchev–Trinajstić information content (AvgIpc) is 2.70. The molecule has 3 unspecified atom stereocenters. The van der Waals surface area contributed by atoms with Crippen LogP contribution in [0.4, 0.5) is 4.79 Å². The van der Waals surface area contributed by atoms with Crippen LogP contribution in [0.25, 0.3) is 0 Å². The van der Waals surface area contributed by atoms with E-state index in [-0.39, 0.29) is 11.9 Å². The number of carbonyl (C=O) groups is 2. The standard InChI is InChI=1S/C11H20N2O4S/c1-3-18(17)7-5-12-11(16)13-6-4-8(2)9(13)10(14)15/h8-9H,3-7H2,1-2H3,(H,12,16)(H,14,15). The van der Waals surface area contributed by atoms with Crippen molar-refractivity contribution in [1.29, 1.82) is 0 Å². The second-order valence-electron chi connectivity index (χ2n) is 4.41. The molecule has 2 N–H and O–H groups in total. The van der Waals surface area contributed by atoms with Gasteiger partial charge in [0.25, 0.3) is 0 Å². The molecule has 1 aliphatic rings. The monoisotopic (exact) mass is 276 g/mol. The minimum atomic E-state index is -0.965. The Morgan fingerprint density at radius 2 is 2.17 bits per heavy atom. The predicted molar refractivity (Wildman–Crippen MR) is 68.9 cm³/mol. The van der Waals surface area contributed by atoms with Crippen LogP contribution in [-0.4, -0.2) is 56.9 Å². The van der Waals surface area contributed by atoms with Crippen LogP contribution in [0.5, 0.6) is 0 Å². The molecule has 3 atom stereocenters. The van der Waals surface area contributed by atoms with E-state index in [1.807, 2.05) is 13.8 Å². The summed E-state index contributed by atoms with van der Waals surface area (Å²) in [6.07, 6.45) is 0.700.